The summed E-state index contributed by atoms with van der Waals surface area (Å²) in [5.74, 6) is 0.163. The lowest BCUT2D eigenvalue weighted by Crippen LogP contribution is -2.27. The van der Waals surface area contributed by atoms with Gasteiger partial charge in [-0.05, 0) is 82.6 Å². The first-order chi connectivity index (χ1) is 38.0. The highest BCUT2D eigenvalue weighted by molar-refractivity contribution is 5.72. The SMILES string of the molecule is CCCCCCCCC(CCCCCCCC)C(=O)OCCCCCCOCC(COCCOCCOCCOCCOCC1=CCCC=C1)OCCCCCCOC(=O)C(CCCCCCCC)CCCCCCCC. The van der Waals surface area contributed by atoms with Crippen LogP contribution in [0.15, 0.2) is 23.8 Å². The molecule has 0 aromatic heterocycles. The lowest BCUT2D eigenvalue weighted by atomic mass is 9.94. The molecular formula is C66H124O11. The molecule has 0 aliphatic heterocycles. The van der Waals surface area contributed by atoms with Gasteiger partial charge < -0.3 is 42.6 Å². The van der Waals surface area contributed by atoms with Crippen LogP contribution in [0.3, 0.4) is 0 Å². The quantitative estimate of drug-likeness (QED) is 0.0428. The monoisotopic (exact) mass is 1090 g/mol. The van der Waals surface area contributed by atoms with Crippen molar-refractivity contribution in [3.63, 3.8) is 0 Å². The van der Waals surface area contributed by atoms with E-state index in [-0.39, 0.29) is 29.9 Å². The van der Waals surface area contributed by atoms with Crippen LogP contribution < -0.4 is 0 Å². The highest BCUT2D eigenvalue weighted by atomic mass is 16.6. The van der Waals surface area contributed by atoms with E-state index in [0.29, 0.717) is 99.1 Å². The van der Waals surface area contributed by atoms with Crippen molar-refractivity contribution in [2.45, 2.75) is 278 Å². The summed E-state index contributed by atoms with van der Waals surface area (Å²) in [7, 11) is 0. The summed E-state index contributed by atoms with van der Waals surface area (Å²) in [5.41, 5.74) is 1.24. The summed E-state index contributed by atoms with van der Waals surface area (Å²) < 4.78 is 53.0. The van der Waals surface area contributed by atoms with E-state index in [1.807, 2.05) is 0 Å². The minimum Gasteiger partial charge on any atom is -0.465 e. The second-order valence-electron chi connectivity index (χ2n) is 22.1. The van der Waals surface area contributed by atoms with Gasteiger partial charge in [-0.25, -0.2) is 0 Å². The molecule has 1 aliphatic rings. The predicted molar refractivity (Wildman–Crippen MR) is 319 cm³/mol. The summed E-state index contributed by atoms with van der Waals surface area (Å²) >= 11 is 0. The van der Waals surface area contributed by atoms with Gasteiger partial charge in [0.15, 0.2) is 0 Å². The van der Waals surface area contributed by atoms with Crippen LogP contribution in [0.25, 0.3) is 0 Å². The van der Waals surface area contributed by atoms with Crippen LogP contribution in [0.4, 0.5) is 0 Å². The molecule has 1 unspecified atom stereocenters. The molecule has 1 atom stereocenters. The summed E-state index contributed by atoms with van der Waals surface area (Å²) in [5, 5.41) is 0. The Kier molecular flexibility index (Phi) is 57.2. The molecule has 0 saturated heterocycles. The van der Waals surface area contributed by atoms with E-state index in [4.69, 9.17) is 42.6 Å². The minimum absolute atomic E-state index is 0.0262. The van der Waals surface area contributed by atoms with Crippen molar-refractivity contribution in [1.82, 2.24) is 0 Å². The molecule has 1 aliphatic carbocycles. The van der Waals surface area contributed by atoms with Crippen LogP contribution >= 0.6 is 0 Å². The lowest BCUT2D eigenvalue weighted by Gasteiger charge is -2.19. The normalized spacial score (nSPS) is 13.0. The molecule has 0 spiro atoms. The number of esters is 2. The summed E-state index contributed by atoms with van der Waals surface area (Å²) in [4.78, 5) is 26.4. The molecule has 11 heteroatoms. The van der Waals surface area contributed by atoms with E-state index in [1.54, 1.807) is 0 Å². The molecule has 0 N–H and O–H groups in total. The van der Waals surface area contributed by atoms with E-state index < -0.39 is 0 Å². The third-order valence-electron chi connectivity index (χ3n) is 14.8. The molecule has 11 nitrogen and oxygen atoms in total. The van der Waals surface area contributed by atoms with Crippen molar-refractivity contribution >= 4 is 11.9 Å². The Morgan fingerprint density at radius 1 is 0.364 bits per heavy atom. The van der Waals surface area contributed by atoms with Gasteiger partial charge in [-0.2, -0.15) is 0 Å². The second kappa shape index (κ2) is 60.2. The van der Waals surface area contributed by atoms with E-state index in [2.05, 4.69) is 45.9 Å². The Morgan fingerprint density at radius 3 is 1.10 bits per heavy atom. The molecule has 0 aromatic rings. The van der Waals surface area contributed by atoms with E-state index in [0.717, 1.165) is 116 Å². The number of ether oxygens (including phenoxy) is 9. The van der Waals surface area contributed by atoms with Crippen molar-refractivity contribution in [2.75, 3.05) is 99.1 Å². The number of rotatable bonds is 63. The Bertz CT molecular complexity index is 1260. The zero-order chi connectivity index (χ0) is 55.4. The van der Waals surface area contributed by atoms with Crippen LogP contribution in [-0.2, 0) is 52.2 Å². The molecule has 1 rings (SSSR count). The Labute approximate surface area is 474 Å². The predicted octanol–water partition coefficient (Wildman–Crippen LogP) is 17.2. The third kappa shape index (κ3) is 50.8. The van der Waals surface area contributed by atoms with Crippen molar-refractivity contribution in [3.05, 3.63) is 23.8 Å². The average Bonchev–Trinajstić information content (AvgIpc) is 3.44. The topological polar surface area (TPSA) is 117 Å². The number of unbranched alkanes of at least 4 members (excludes halogenated alkanes) is 26. The first-order valence-corrected chi connectivity index (χ1v) is 32.8. The maximum absolute atomic E-state index is 13.2. The van der Waals surface area contributed by atoms with Crippen molar-refractivity contribution in [3.8, 4) is 0 Å². The number of carbonyl (C=O) groups is 2. The smallest absolute Gasteiger partial charge is 0.308 e. The number of carbonyl (C=O) groups excluding carboxylic acids is 2. The van der Waals surface area contributed by atoms with Crippen LogP contribution in [-0.4, -0.2) is 117 Å². The van der Waals surface area contributed by atoms with Gasteiger partial charge in [0.05, 0.1) is 97.7 Å². The Hall–Kier alpha value is -1.86. The number of allylic oxidation sites excluding steroid dienone is 2. The zero-order valence-corrected chi connectivity index (χ0v) is 50.9. The molecule has 0 fully saturated rings. The zero-order valence-electron chi connectivity index (χ0n) is 50.9. The maximum Gasteiger partial charge on any atom is 0.308 e. The van der Waals surface area contributed by atoms with Crippen LogP contribution in [0.1, 0.15) is 272 Å². The molecule has 0 aromatic carbocycles. The lowest BCUT2D eigenvalue weighted by molar-refractivity contribution is -0.150. The largest absolute Gasteiger partial charge is 0.465 e. The third-order valence-corrected chi connectivity index (χ3v) is 14.8. The fraction of sp³-hybridized carbons (Fsp3) is 0.909. The van der Waals surface area contributed by atoms with Crippen LogP contribution in [0.2, 0.25) is 0 Å². The van der Waals surface area contributed by atoms with Gasteiger partial charge in [0.25, 0.3) is 0 Å². The molecule has 77 heavy (non-hydrogen) atoms. The first-order valence-electron chi connectivity index (χ1n) is 32.8. The Morgan fingerprint density at radius 2 is 0.701 bits per heavy atom. The van der Waals surface area contributed by atoms with E-state index in [1.165, 1.54) is 134 Å². The number of hydrogen-bond donors (Lipinski definition) is 0. The fourth-order valence-corrected chi connectivity index (χ4v) is 9.81. The fourth-order valence-electron chi connectivity index (χ4n) is 9.81. The molecular weight excluding hydrogens is 969 g/mol. The minimum atomic E-state index is -0.166. The Balaban J connectivity index is 2.42. The van der Waals surface area contributed by atoms with Crippen molar-refractivity contribution in [2.24, 2.45) is 11.8 Å². The first kappa shape index (κ1) is 73.2. The molecule has 0 heterocycles. The van der Waals surface area contributed by atoms with Gasteiger partial charge >= 0.3 is 11.9 Å². The van der Waals surface area contributed by atoms with Crippen LogP contribution in [0.5, 0.6) is 0 Å². The second-order valence-corrected chi connectivity index (χ2v) is 22.1. The van der Waals surface area contributed by atoms with Crippen molar-refractivity contribution < 1.29 is 52.2 Å². The van der Waals surface area contributed by atoms with Gasteiger partial charge in [-0.15, -0.1) is 0 Å². The van der Waals surface area contributed by atoms with Gasteiger partial charge in [0.2, 0.25) is 0 Å². The summed E-state index contributed by atoms with van der Waals surface area (Å²) in [6.45, 7) is 17.0. The van der Waals surface area contributed by atoms with Gasteiger partial charge in [-0.1, -0.05) is 213 Å². The molecule has 0 saturated carbocycles. The molecule has 0 amide bonds. The van der Waals surface area contributed by atoms with Gasteiger partial charge in [-0.3, -0.25) is 9.59 Å². The molecule has 454 valence electrons. The van der Waals surface area contributed by atoms with E-state index >= 15 is 0 Å². The highest BCUT2D eigenvalue weighted by Gasteiger charge is 2.21. The molecule has 0 radical (unpaired) electrons. The van der Waals surface area contributed by atoms with Gasteiger partial charge in [0, 0.05) is 13.2 Å². The van der Waals surface area contributed by atoms with Crippen LogP contribution in [0, 0.1) is 11.8 Å². The van der Waals surface area contributed by atoms with Gasteiger partial charge in [0.1, 0.15) is 6.10 Å². The average molecular weight is 1090 g/mol. The number of hydrogen-bond acceptors (Lipinski definition) is 11. The standard InChI is InChI=1S/C66H124O11/c1-5-9-13-17-21-32-42-62(43-33-22-18-14-10-6-2)65(67)76-48-38-26-25-36-46-72-59-64(60-74-57-55-71-53-51-69-50-52-70-54-56-73-58-61-40-30-29-31-41-61)75-47-37-27-28-39-49-77-66(68)63(44-34-23-19-15-11-7-3)45-35-24-20-16-12-8-4/h30,40-41,62-64H,5-29,31-39,42-60H2,1-4H3. The van der Waals surface area contributed by atoms with Crippen molar-refractivity contribution in [1.29, 1.82) is 0 Å². The summed E-state index contributed by atoms with van der Waals surface area (Å²) in [6.07, 6.45) is 50.2. The molecule has 0 bridgehead atoms. The van der Waals surface area contributed by atoms with E-state index in [9.17, 15) is 9.59 Å². The maximum atomic E-state index is 13.2. The highest BCUT2D eigenvalue weighted by Crippen LogP contribution is 2.23. The summed E-state index contributed by atoms with van der Waals surface area (Å²) in [6, 6.07) is 0.